The summed E-state index contributed by atoms with van der Waals surface area (Å²) in [7, 11) is 0. The minimum atomic E-state index is -1.49. The van der Waals surface area contributed by atoms with Crippen molar-refractivity contribution in [3.63, 3.8) is 0 Å². The molecule has 0 spiro atoms. The van der Waals surface area contributed by atoms with Crippen molar-refractivity contribution in [1.82, 2.24) is 0 Å². The number of rotatable bonds is 4. The van der Waals surface area contributed by atoms with Crippen molar-refractivity contribution in [2.75, 3.05) is 0 Å². The van der Waals surface area contributed by atoms with Crippen LogP contribution in [0.15, 0.2) is 30.3 Å². The quantitative estimate of drug-likeness (QED) is 0.879. The lowest BCUT2D eigenvalue weighted by atomic mass is 10.2. The zero-order valence-corrected chi connectivity index (χ0v) is 10.4. The molecule has 0 aliphatic carbocycles. The summed E-state index contributed by atoms with van der Waals surface area (Å²) in [6.07, 6.45) is 0. The Hall–Kier alpha value is -2.57. The fourth-order valence-electron chi connectivity index (χ4n) is 1.61. The number of aromatic carboxylic acids is 1. The lowest BCUT2D eigenvalue weighted by Gasteiger charge is -2.09. The summed E-state index contributed by atoms with van der Waals surface area (Å²) >= 11 is 0. The van der Waals surface area contributed by atoms with Crippen molar-refractivity contribution in [2.45, 2.75) is 6.61 Å². The third kappa shape index (κ3) is 3.31. The summed E-state index contributed by atoms with van der Waals surface area (Å²) in [6.45, 7) is -0.405. The van der Waals surface area contributed by atoms with Crippen LogP contribution in [0.2, 0.25) is 0 Å². The standard InChI is InChI=1S/C14H8F4O3/c15-9-2-1-7(3-10(9)16)6-21-13-11(17)4-8(14(19)20)5-12(13)18/h1-5H,6H2,(H,19,20). The highest BCUT2D eigenvalue weighted by atomic mass is 19.2. The number of hydrogen-bond donors (Lipinski definition) is 1. The molecule has 0 fully saturated rings. The number of halogens is 4. The molecule has 2 aromatic carbocycles. The van der Waals surface area contributed by atoms with Gasteiger partial charge >= 0.3 is 5.97 Å². The van der Waals surface area contributed by atoms with Crippen LogP contribution in [0.5, 0.6) is 5.75 Å². The Morgan fingerprint density at radius 2 is 1.57 bits per heavy atom. The molecule has 0 aliphatic rings. The van der Waals surface area contributed by atoms with Gasteiger partial charge in [-0.1, -0.05) is 6.07 Å². The largest absolute Gasteiger partial charge is 0.483 e. The first-order chi connectivity index (χ1) is 9.88. The van der Waals surface area contributed by atoms with Crippen LogP contribution < -0.4 is 4.74 Å². The van der Waals surface area contributed by atoms with Gasteiger partial charge in [0.2, 0.25) is 0 Å². The van der Waals surface area contributed by atoms with Crippen LogP contribution in [0.1, 0.15) is 15.9 Å². The highest BCUT2D eigenvalue weighted by Crippen LogP contribution is 2.24. The monoisotopic (exact) mass is 300 g/mol. The molecule has 0 amide bonds. The van der Waals surface area contributed by atoms with E-state index in [1.54, 1.807) is 0 Å². The molecule has 0 aromatic heterocycles. The number of carboxylic acids is 1. The second kappa shape index (κ2) is 5.82. The fourth-order valence-corrected chi connectivity index (χ4v) is 1.61. The van der Waals surface area contributed by atoms with E-state index in [1.165, 1.54) is 6.07 Å². The van der Waals surface area contributed by atoms with Crippen LogP contribution in [0.25, 0.3) is 0 Å². The van der Waals surface area contributed by atoms with Gasteiger partial charge in [-0.15, -0.1) is 0 Å². The normalized spacial score (nSPS) is 10.5. The van der Waals surface area contributed by atoms with Gasteiger partial charge in [0, 0.05) is 0 Å². The molecular weight excluding hydrogens is 292 g/mol. The first-order valence-electron chi connectivity index (χ1n) is 5.67. The zero-order chi connectivity index (χ0) is 15.6. The lowest BCUT2D eigenvalue weighted by Crippen LogP contribution is -2.04. The van der Waals surface area contributed by atoms with E-state index in [1.807, 2.05) is 0 Å². The van der Waals surface area contributed by atoms with Crippen molar-refractivity contribution in [2.24, 2.45) is 0 Å². The third-order valence-electron chi connectivity index (χ3n) is 2.61. The minimum Gasteiger partial charge on any atom is -0.483 e. The van der Waals surface area contributed by atoms with Crippen molar-refractivity contribution in [1.29, 1.82) is 0 Å². The van der Waals surface area contributed by atoms with Crippen LogP contribution in [0, 0.1) is 23.3 Å². The Morgan fingerprint density at radius 3 is 2.10 bits per heavy atom. The van der Waals surface area contributed by atoms with Gasteiger partial charge in [-0.2, -0.15) is 0 Å². The number of carbonyl (C=O) groups is 1. The van der Waals surface area contributed by atoms with E-state index in [4.69, 9.17) is 9.84 Å². The molecule has 0 unspecified atom stereocenters. The summed E-state index contributed by atoms with van der Waals surface area (Å²) in [5.74, 6) is -6.84. The van der Waals surface area contributed by atoms with Gasteiger partial charge < -0.3 is 9.84 Å². The number of hydrogen-bond acceptors (Lipinski definition) is 2. The topological polar surface area (TPSA) is 46.5 Å². The average molecular weight is 300 g/mol. The first-order valence-corrected chi connectivity index (χ1v) is 5.67. The van der Waals surface area contributed by atoms with Gasteiger partial charge in [0.25, 0.3) is 0 Å². The second-order valence-electron chi connectivity index (χ2n) is 4.11. The highest BCUT2D eigenvalue weighted by Gasteiger charge is 2.16. The Labute approximate surface area is 116 Å². The molecule has 0 bridgehead atoms. The summed E-state index contributed by atoms with van der Waals surface area (Å²) < 4.78 is 57.6. The van der Waals surface area contributed by atoms with Gasteiger partial charge in [-0.05, 0) is 29.8 Å². The Balaban J connectivity index is 2.20. The SMILES string of the molecule is O=C(O)c1cc(F)c(OCc2ccc(F)c(F)c2)c(F)c1. The minimum absolute atomic E-state index is 0.162. The average Bonchev–Trinajstić information content (AvgIpc) is 2.41. The molecule has 21 heavy (non-hydrogen) atoms. The van der Waals surface area contributed by atoms with Crippen molar-refractivity contribution in [3.8, 4) is 5.75 Å². The van der Waals surface area contributed by atoms with E-state index in [-0.39, 0.29) is 5.56 Å². The number of benzene rings is 2. The highest BCUT2D eigenvalue weighted by molar-refractivity contribution is 5.87. The lowest BCUT2D eigenvalue weighted by molar-refractivity contribution is 0.0695. The van der Waals surface area contributed by atoms with Crippen molar-refractivity contribution >= 4 is 5.97 Å². The predicted octanol–water partition coefficient (Wildman–Crippen LogP) is 3.52. The van der Waals surface area contributed by atoms with E-state index in [9.17, 15) is 22.4 Å². The Bertz CT molecular complexity index is 678. The molecule has 2 rings (SSSR count). The number of carboxylic acid groups (broad SMARTS) is 1. The molecular formula is C14H8F4O3. The number of ether oxygens (including phenoxy) is 1. The van der Waals surface area contributed by atoms with Gasteiger partial charge in [0.1, 0.15) is 6.61 Å². The van der Waals surface area contributed by atoms with Crippen LogP contribution in [-0.2, 0) is 6.61 Å². The zero-order valence-electron chi connectivity index (χ0n) is 10.4. The van der Waals surface area contributed by atoms with E-state index in [0.717, 1.165) is 12.1 Å². The van der Waals surface area contributed by atoms with E-state index in [2.05, 4.69) is 0 Å². The summed E-state index contributed by atoms with van der Waals surface area (Å²) in [5, 5.41) is 8.64. The maximum atomic E-state index is 13.6. The van der Waals surface area contributed by atoms with E-state index >= 15 is 0 Å². The van der Waals surface area contributed by atoms with Gasteiger partial charge in [0.05, 0.1) is 5.56 Å². The van der Waals surface area contributed by atoms with Crippen LogP contribution in [0.4, 0.5) is 17.6 Å². The van der Waals surface area contributed by atoms with E-state index in [0.29, 0.717) is 12.1 Å². The van der Waals surface area contributed by atoms with Crippen molar-refractivity contribution in [3.05, 3.63) is 64.7 Å². The van der Waals surface area contributed by atoms with Gasteiger partial charge in [-0.25, -0.2) is 22.4 Å². The first kappa shape index (κ1) is 14.8. The van der Waals surface area contributed by atoms with Crippen LogP contribution in [0.3, 0.4) is 0 Å². The van der Waals surface area contributed by atoms with Crippen molar-refractivity contribution < 1.29 is 32.2 Å². The summed E-state index contributed by atoms with van der Waals surface area (Å²) in [6, 6.07) is 4.09. The molecule has 0 heterocycles. The molecule has 0 atom stereocenters. The smallest absolute Gasteiger partial charge is 0.335 e. The molecule has 0 radical (unpaired) electrons. The molecule has 0 saturated carbocycles. The second-order valence-corrected chi connectivity index (χ2v) is 4.11. The molecule has 1 N–H and O–H groups in total. The molecule has 0 aliphatic heterocycles. The molecule has 0 saturated heterocycles. The summed E-state index contributed by atoms with van der Waals surface area (Å²) in [4.78, 5) is 10.6. The molecule has 110 valence electrons. The third-order valence-corrected chi connectivity index (χ3v) is 2.61. The van der Waals surface area contributed by atoms with Gasteiger partial charge in [0.15, 0.2) is 29.0 Å². The van der Waals surface area contributed by atoms with Gasteiger partial charge in [-0.3, -0.25) is 0 Å². The fraction of sp³-hybridized carbons (Fsp3) is 0.0714. The predicted molar refractivity (Wildman–Crippen MR) is 64.0 cm³/mol. The maximum absolute atomic E-state index is 13.6. The Morgan fingerprint density at radius 1 is 0.952 bits per heavy atom. The molecule has 3 nitrogen and oxygen atoms in total. The van der Waals surface area contributed by atoms with Crippen LogP contribution >= 0.6 is 0 Å². The summed E-state index contributed by atoms with van der Waals surface area (Å²) in [5.41, 5.74) is -0.403. The van der Waals surface area contributed by atoms with E-state index < -0.39 is 47.2 Å². The molecule has 2 aromatic rings. The Kier molecular flexibility index (Phi) is 4.11. The molecule has 7 heteroatoms. The maximum Gasteiger partial charge on any atom is 0.335 e. The van der Waals surface area contributed by atoms with Crippen LogP contribution in [-0.4, -0.2) is 11.1 Å².